The third-order valence-corrected chi connectivity index (χ3v) is 36.7. The Kier molecular flexibility index (Phi) is 43.5. The van der Waals surface area contributed by atoms with Crippen LogP contribution in [0, 0.1) is 104 Å². The molecule has 3 heterocycles. The Balaban J connectivity index is 0.684. The van der Waals surface area contributed by atoms with Crippen LogP contribution in [0.15, 0.2) is 85.1 Å². The molecular weight excluding hydrogens is 1820 g/mol. The number of ether oxygens (including phenoxy) is 6. The Morgan fingerprint density at radius 2 is 1.12 bits per heavy atom. The highest BCUT2D eigenvalue weighted by Crippen LogP contribution is 2.72. The highest BCUT2D eigenvalue weighted by atomic mass is 16.7. The average Bonchev–Trinajstić information content (AvgIpc) is 1.49. The minimum absolute atomic E-state index is 0.0214. The van der Waals surface area contributed by atoms with E-state index in [0.717, 1.165) is 70.6 Å². The highest BCUT2D eigenvalue weighted by Gasteiger charge is 2.69. The van der Waals surface area contributed by atoms with Crippen LogP contribution in [0.3, 0.4) is 0 Å². The van der Waals surface area contributed by atoms with Crippen LogP contribution in [0.4, 0.5) is 0 Å². The molecule has 2 saturated heterocycles. The van der Waals surface area contributed by atoms with Crippen molar-refractivity contribution in [1.82, 2.24) is 20.9 Å². The molecule has 0 aromatic carbocycles. The zero-order chi connectivity index (χ0) is 103. The van der Waals surface area contributed by atoms with Crippen LogP contribution in [0.25, 0.3) is 0 Å². The average molecular weight is 2010 g/mol. The van der Waals surface area contributed by atoms with Crippen LogP contribution < -0.4 is 21.7 Å². The van der Waals surface area contributed by atoms with Crippen molar-refractivity contribution < 1.29 is 134 Å². The lowest BCUT2D eigenvalue weighted by Gasteiger charge is -2.64. The van der Waals surface area contributed by atoms with Crippen molar-refractivity contribution in [3.05, 3.63) is 85.1 Å². The van der Waals surface area contributed by atoms with E-state index < -0.39 is 170 Å². The van der Waals surface area contributed by atoms with Gasteiger partial charge in [-0.3, -0.25) is 24.0 Å². The number of nitrogens with one attached hydrogen (secondary N) is 3. The highest BCUT2D eigenvalue weighted by molar-refractivity contribution is 5.80. The SMILES string of the molecule is CC1CC(N)(O)C(O)C(O[C@H]2/C=C/C=C/C=C/C=C/C=C/C=C/C=C/[C@H](C)[C@@H](O)[C@@H](C)[C@H](C)OC(=O)C[C@H](O)C[C@H](O)CC[C@@H](O)[C@H](O)C[C@H](O)C[C@]3(O)C[C@H](O)[C@@H](C(=O)NCCOCCOCCC(=O)N(CCCCNC(=O)CC[C@@H](C)C4CCC5C6C(O)CC7CC(O)CCC7(C)C6CC(O)C54C)CCCNC(=O)CC[C@@H](C)C4CCC5C6(CCC(O)C45C)CC4(C)CCC(O)CC4CC6O)[C@H](C2)O3)O1. The fourth-order valence-electron chi connectivity index (χ4n) is 28.5. The van der Waals surface area contributed by atoms with Crippen molar-refractivity contribution >= 4 is 29.6 Å². The topological polar surface area (TPSA) is 530 Å². The van der Waals surface area contributed by atoms with E-state index in [4.69, 9.17) is 34.2 Å². The quantitative estimate of drug-likeness (QED) is 0.0191. The van der Waals surface area contributed by atoms with Crippen molar-refractivity contribution in [3.63, 3.8) is 0 Å². The summed E-state index contributed by atoms with van der Waals surface area (Å²) in [5.41, 5.74) is 2.90. The number of esters is 1. The van der Waals surface area contributed by atoms with Gasteiger partial charge in [-0.1, -0.05) is 140 Å². The van der Waals surface area contributed by atoms with E-state index in [-0.39, 0.29) is 188 Å². The number of cyclic esters (lactones) is 1. The maximum absolute atomic E-state index is 14.6. The third kappa shape index (κ3) is 29.9. The maximum Gasteiger partial charge on any atom is 0.308 e. The van der Waals surface area contributed by atoms with Crippen molar-refractivity contribution in [2.45, 2.75) is 409 Å². The first-order valence-electron chi connectivity index (χ1n) is 54.1. The number of fused-ring (bicyclic) bond motifs is 10. The summed E-state index contributed by atoms with van der Waals surface area (Å²) in [4.78, 5) is 71.0. The number of unbranched alkanes of at least 4 members (excludes halogenated alkanes) is 1. The van der Waals surface area contributed by atoms with E-state index in [2.05, 4.69) is 57.5 Å². The van der Waals surface area contributed by atoms with Gasteiger partial charge in [-0.15, -0.1) is 0 Å². The summed E-state index contributed by atoms with van der Waals surface area (Å²) in [6, 6.07) is 0. The van der Waals surface area contributed by atoms with E-state index in [9.17, 15) is 106 Å². The predicted molar refractivity (Wildman–Crippen MR) is 534 cm³/mol. The number of carbonyl (C=O) groups is 5. The molecule has 0 aromatic rings. The third-order valence-electron chi connectivity index (χ3n) is 36.7. The molecule has 32 heteroatoms. The summed E-state index contributed by atoms with van der Waals surface area (Å²) in [7, 11) is 0. The summed E-state index contributed by atoms with van der Waals surface area (Å²) in [6.45, 7) is 21.8. The molecule has 8 aliphatic carbocycles. The Morgan fingerprint density at radius 3 is 1.79 bits per heavy atom. The van der Waals surface area contributed by atoms with Crippen molar-refractivity contribution in [1.29, 1.82) is 0 Å². The van der Waals surface area contributed by atoms with Gasteiger partial charge in [0.15, 0.2) is 12.1 Å². The molecule has 0 aromatic heterocycles. The Hall–Kier alpha value is -5.35. The Bertz CT molecular complexity index is 4190. The summed E-state index contributed by atoms with van der Waals surface area (Å²) in [6.07, 6.45) is 17.3. The van der Waals surface area contributed by atoms with E-state index in [1.165, 1.54) is 0 Å². The van der Waals surface area contributed by atoms with Gasteiger partial charge >= 0.3 is 5.97 Å². The van der Waals surface area contributed by atoms with Crippen molar-refractivity contribution in [3.8, 4) is 0 Å². The molecule has 3 aliphatic heterocycles. The molecule has 8 saturated carbocycles. The fraction of sp³-hybridized carbons (Fsp3) is 0.827. The number of nitrogens with zero attached hydrogens (tertiary/aromatic N) is 1. The van der Waals surface area contributed by atoms with Gasteiger partial charge in [-0.05, 0) is 249 Å². The zero-order valence-corrected chi connectivity index (χ0v) is 86.4. The van der Waals surface area contributed by atoms with E-state index >= 15 is 0 Å². The largest absolute Gasteiger partial charge is 0.462 e. The number of nitrogens with two attached hydrogens (primary N) is 1. The molecule has 808 valence electrons. The predicted octanol–water partition coefficient (Wildman–Crippen LogP) is 8.04. The first kappa shape index (κ1) is 117. The molecule has 142 heavy (non-hydrogen) atoms. The lowest BCUT2D eigenvalue weighted by molar-refractivity contribution is -0.313. The number of aliphatic hydroxyl groups excluding tert-OH is 14. The molecule has 11 aliphatic rings. The van der Waals surface area contributed by atoms with Gasteiger partial charge in [0.2, 0.25) is 23.6 Å². The number of amides is 4. The lowest BCUT2D eigenvalue weighted by Crippen LogP contribution is -2.63. The summed E-state index contributed by atoms with van der Waals surface area (Å²) in [5.74, 6) is -4.73. The molecule has 2 bridgehead atoms. The first-order chi connectivity index (χ1) is 67.3. The van der Waals surface area contributed by atoms with E-state index in [1.54, 1.807) is 92.5 Å². The second kappa shape index (κ2) is 52.9. The van der Waals surface area contributed by atoms with Crippen LogP contribution in [-0.4, -0.2) is 303 Å². The summed E-state index contributed by atoms with van der Waals surface area (Å²) >= 11 is 0. The molecule has 23 unspecified atom stereocenters. The normalized spacial score (nSPS) is 44.3. The van der Waals surface area contributed by atoms with Crippen LogP contribution >= 0.6 is 0 Å². The first-order valence-corrected chi connectivity index (χ1v) is 54.1. The molecule has 39 atom stereocenters. The maximum atomic E-state index is 14.6. The summed E-state index contributed by atoms with van der Waals surface area (Å²) < 4.78 is 36.1. The Morgan fingerprint density at radius 1 is 0.521 bits per heavy atom. The molecule has 0 radical (unpaired) electrons. The van der Waals surface area contributed by atoms with E-state index in [1.807, 2.05) is 25.2 Å². The molecule has 32 nitrogen and oxygen atoms in total. The molecule has 10 fully saturated rings. The number of carbonyl (C=O) groups excluding carboxylic acids is 5. The minimum Gasteiger partial charge on any atom is -0.462 e. The molecule has 4 amide bonds. The second-order valence-corrected chi connectivity index (χ2v) is 46.5. The number of hydrogen-bond acceptors (Lipinski definition) is 28. The van der Waals surface area contributed by atoms with Gasteiger partial charge in [0.05, 0.1) is 143 Å². The fourth-order valence-corrected chi connectivity index (χ4v) is 28.5. The number of aliphatic hydroxyl groups is 16. The van der Waals surface area contributed by atoms with Crippen LogP contribution in [-0.2, 0) is 52.4 Å². The Labute approximate surface area is 843 Å². The van der Waals surface area contributed by atoms with Gasteiger partial charge in [-0.2, -0.15) is 0 Å². The van der Waals surface area contributed by atoms with Crippen LogP contribution in [0.5, 0.6) is 0 Å². The molecular formula is C110H181N5O27. The zero-order valence-electron chi connectivity index (χ0n) is 86.4. The van der Waals surface area contributed by atoms with Crippen molar-refractivity contribution in [2.24, 2.45) is 110 Å². The number of hydrogen-bond donors (Lipinski definition) is 20. The standard InChI is InChI=1S/C110H181N5O27/c1-67(81-31-32-83-98-84(62-92(126)106(81,83)9)105(8)43-39-77(118)55-74(105)56-87(98)123)28-36-94(128)112-45-23-24-48-115(49-25-46-113-95(129)37-29-68(2)82-33-35-90-107(82,10)91(125)40-44-108(90)66-104(7)42-38-76(117)54-73(104)57-93(108)127)96(130)41-50-137-52-53-138-51-47-114-102(134)99-88(124)65-109(135)64-79(120)59-86(122)85(121)34-30-75(116)58-78(119)60-97(131)140-72(6)71(5)100(132)69(3)26-21-19-17-15-13-11-12-14-16-18-20-22-27-80(61-89(99)142-109)141-103-101(133)110(111,136)63-70(4)139-103/h11-22,26-27,67-93,98-101,103,116-127,132-133,135-136H,23-25,28-66,111H2,1-10H3,(H,112,128)(H,113,129)(H,114,134)/b12-11+,15-13+,16-14+,19-17+,20-18+,26-21+,27-22+/t67-,68-,69+,70?,71+,72+,73?,74?,75-,76?,77?,78-,79+,80+,81?,82?,83?,84?,85-,86-,87?,88+,89+,90?,91?,92?,93?,98?,99-,100-,101?,103?,104?,105?,106?,107?,108?,109-,110?/m1/s1. The smallest absolute Gasteiger partial charge is 0.308 e. The molecule has 1 spiro atoms. The molecule has 21 N–H and O–H groups in total. The monoisotopic (exact) mass is 2000 g/mol. The minimum atomic E-state index is -2.40. The van der Waals surface area contributed by atoms with Gasteiger partial charge in [0.25, 0.3) is 0 Å². The van der Waals surface area contributed by atoms with Crippen LogP contribution in [0.1, 0.15) is 281 Å². The lowest BCUT2D eigenvalue weighted by atomic mass is 9.42. The molecule has 11 rings (SSSR count). The number of rotatable bonds is 29. The number of allylic oxidation sites excluding steroid dienone is 12. The van der Waals surface area contributed by atoms with Gasteiger partial charge < -0.3 is 137 Å². The summed E-state index contributed by atoms with van der Waals surface area (Å²) in [5, 5.41) is 192. The van der Waals surface area contributed by atoms with Crippen LogP contribution in [0.2, 0.25) is 0 Å². The van der Waals surface area contributed by atoms with Gasteiger partial charge in [0.1, 0.15) is 17.9 Å². The van der Waals surface area contributed by atoms with E-state index in [0.29, 0.717) is 103 Å². The van der Waals surface area contributed by atoms with Gasteiger partial charge in [-0.25, -0.2) is 0 Å². The second-order valence-electron chi connectivity index (χ2n) is 46.5. The van der Waals surface area contributed by atoms with Crippen molar-refractivity contribution in [2.75, 3.05) is 59.2 Å². The van der Waals surface area contributed by atoms with Gasteiger partial charge in [0, 0.05) is 94.9 Å².